The van der Waals surface area contributed by atoms with Gasteiger partial charge in [0.1, 0.15) is 12.4 Å². The Labute approximate surface area is 160 Å². The van der Waals surface area contributed by atoms with Gasteiger partial charge in [-0.1, -0.05) is 12.1 Å². The van der Waals surface area contributed by atoms with Crippen molar-refractivity contribution in [2.24, 2.45) is 4.99 Å². The highest BCUT2D eigenvalue weighted by Gasteiger charge is 2.06. The molecule has 7 heteroatoms. The Morgan fingerprint density at radius 1 is 1.23 bits per heavy atom. The first-order valence-corrected chi connectivity index (χ1v) is 9.53. The molecule has 1 aromatic heterocycles. The molecule has 0 radical (unpaired) electrons. The number of thiazole rings is 1. The van der Waals surface area contributed by atoms with Gasteiger partial charge in [-0.25, -0.2) is 4.98 Å². The van der Waals surface area contributed by atoms with Crippen molar-refractivity contribution >= 4 is 17.3 Å². The van der Waals surface area contributed by atoms with E-state index in [0.717, 1.165) is 41.1 Å². The fourth-order valence-corrected chi connectivity index (χ4v) is 3.28. The summed E-state index contributed by atoms with van der Waals surface area (Å²) < 4.78 is 5.79. The van der Waals surface area contributed by atoms with E-state index in [0.29, 0.717) is 13.2 Å². The molecule has 0 atom stereocenters. The second-order valence-electron chi connectivity index (χ2n) is 6.32. The van der Waals surface area contributed by atoms with Crippen LogP contribution in [0.15, 0.2) is 29.3 Å². The van der Waals surface area contributed by atoms with E-state index in [9.17, 15) is 0 Å². The SMILES string of the molecule is CN=C(NCc1cccc(OCCN(C)C)c1)NCc1sc(C)nc1C. The molecule has 0 fully saturated rings. The van der Waals surface area contributed by atoms with Crippen molar-refractivity contribution in [2.45, 2.75) is 26.9 Å². The molecule has 0 saturated carbocycles. The quantitative estimate of drug-likeness (QED) is 0.548. The fraction of sp³-hybridized carbons (Fsp3) is 0.474. The largest absolute Gasteiger partial charge is 0.492 e. The minimum absolute atomic E-state index is 0.681. The lowest BCUT2D eigenvalue weighted by Crippen LogP contribution is -2.36. The van der Waals surface area contributed by atoms with Crippen LogP contribution in [0.3, 0.4) is 0 Å². The van der Waals surface area contributed by atoms with Gasteiger partial charge in [-0.15, -0.1) is 11.3 Å². The van der Waals surface area contributed by atoms with Crippen LogP contribution in [0.2, 0.25) is 0 Å². The minimum atomic E-state index is 0.681. The maximum absolute atomic E-state index is 5.79. The van der Waals surface area contributed by atoms with E-state index in [2.05, 4.69) is 37.6 Å². The van der Waals surface area contributed by atoms with Gasteiger partial charge in [0, 0.05) is 25.0 Å². The number of nitrogens with zero attached hydrogens (tertiary/aromatic N) is 3. The lowest BCUT2D eigenvalue weighted by Gasteiger charge is -2.13. The number of likely N-dealkylation sites (N-methyl/N-ethyl adjacent to an activating group) is 1. The lowest BCUT2D eigenvalue weighted by atomic mass is 10.2. The van der Waals surface area contributed by atoms with E-state index in [1.807, 2.05) is 40.1 Å². The molecule has 0 aliphatic carbocycles. The van der Waals surface area contributed by atoms with Crippen LogP contribution in [0.1, 0.15) is 21.1 Å². The summed E-state index contributed by atoms with van der Waals surface area (Å²) in [6, 6.07) is 8.14. The third kappa shape index (κ3) is 6.65. The maximum atomic E-state index is 5.79. The van der Waals surface area contributed by atoms with Crippen LogP contribution in [0.5, 0.6) is 5.75 Å². The van der Waals surface area contributed by atoms with Crippen molar-refractivity contribution in [3.8, 4) is 5.75 Å². The zero-order valence-electron chi connectivity index (χ0n) is 16.3. The highest BCUT2D eigenvalue weighted by Crippen LogP contribution is 2.16. The maximum Gasteiger partial charge on any atom is 0.191 e. The van der Waals surface area contributed by atoms with Crippen molar-refractivity contribution in [2.75, 3.05) is 34.3 Å². The van der Waals surface area contributed by atoms with Gasteiger partial charge < -0.3 is 20.3 Å². The molecule has 142 valence electrons. The summed E-state index contributed by atoms with van der Waals surface area (Å²) in [4.78, 5) is 12.1. The lowest BCUT2D eigenvalue weighted by molar-refractivity contribution is 0.261. The van der Waals surface area contributed by atoms with E-state index in [-0.39, 0.29) is 0 Å². The van der Waals surface area contributed by atoms with E-state index < -0.39 is 0 Å². The molecule has 1 aromatic carbocycles. The average Bonchev–Trinajstić information content (AvgIpc) is 2.92. The van der Waals surface area contributed by atoms with Crippen LogP contribution < -0.4 is 15.4 Å². The second kappa shape index (κ2) is 10.1. The Kier molecular flexibility index (Phi) is 7.87. The molecule has 6 nitrogen and oxygen atoms in total. The van der Waals surface area contributed by atoms with Gasteiger partial charge in [-0.2, -0.15) is 0 Å². The van der Waals surface area contributed by atoms with Crippen LogP contribution in [-0.2, 0) is 13.1 Å². The molecule has 2 N–H and O–H groups in total. The van der Waals surface area contributed by atoms with Crippen molar-refractivity contribution < 1.29 is 4.74 Å². The summed E-state index contributed by atoms with van der Waals surface area (Å²) in [6.07, 6.45) is 0. The van der Waals surface area contributed by atoms with Crippen LogP contribution in [0.4, 0.5) is 0 Å². The second-order valence-corrected chi connectivity index (χ2v) is 7.61. The Morgan fingerprint density at radius 3 is 2.65 bits per heavy atom. The van der Waals surface area contributed by atoms with E-state index in [1.165, 1.54) is 4.88 Å². The first-order chi connectivity index (χ1) is 12.5. The van der Waals surface area contributed by atoms with Gasteiger partial charge >= 0.3 is 0 Å². The van der Waals surface area contributed by atoms with Crippen molar-refractivity contribution in [3.63, 3.8) is 0 Å². The third-order valence-electron chi connectivity index (χ3n) is 3.81. The molecule has 0 spiro atoms. The number of benzene rings is 1. The van der Waals surface area contributed by atoms with Gasteiger partial charge in [-0.3, -0.25) is 4.99 Å². The number of aromatic nitrogens is 1. The van der Waals surface area contributed by atoms with Crippen molar-refractivity contribution in [3.05, 3.63) is 45.4 Å². The molecule has 2 aromatic rings. The Balaban J connectivity index is 1.83. The standard InChI is InChI=1S/C19H29N5OS/c1-14-18(26-15(2)23-14)13-22-19(20-3)21-12-16-7-6-8-17(11-16)25-10-9-24(4)5/h6-8,11H,9-10,12-13H2,1-5H3,(H2,20,21,22). The number of hydrogen-bond donors (Lipinski definition) is 2. The molecule has 0 unspecified atom stereocenters. The van der Waals surface area contributed by atoms with Gasteiger partial charge in [0.15, 0.2) is 5.96 Å². The fourth-order valence-electron chi connectivity index (χ4n) is 2.40. The number of aryl methyl sites for hydroxylation is 2. The van der Waals surface area contributed by atoms with Gasteiger partial charge in [0.05, 0.1) is 17.2 Å². The Morgan fingerprint density at radius 2 is 2.00 bits per heavy atom. The van der Waals surface area contributed by atoms with Crippen LogP contribution >= 0.6 is 11.3 Å². The predicted molar refractivity (Wildman–Crippen MR) is 109 cm³/mol. The number of guanidine groups is 1. The van der Waals surface area contributed by atoms with E-state index in [1.54, 1.807) is 18.4 Å². The van der Waals surface area contributed by atoms with Gasteiger partial charge in [0.25, 0.3) is 0 Å². The zero-order chi connectivity index (χ0) is 18.9. The van der Waals surface area contributed by atoms with Crippen molar-refractivity contribution in [1.29, 1.82) is 0 Å². The van der Waals surface area contributed by atoms with Gasteiger partial charge in [-0.05, 0) is 45.6 Å². The van der Waals surface area contributed by atoms with E-state index in [4.69, 9.17) is 4.74 Å². The molecule has 0 aliphatic heterocycles. The summed E-state index contributed by atoms with van der Waals surface area (Å²) >= 11 is 1.72. The molecule has 0 amide bonds. The van der Waals surface area contributed by atoms with Crippen LogP contribution in [-0.4, -0.2) is 50.1 Å². The Hall–Kier alpha value is -2.12. The highest BCUT2D eigenvalue weighted by atomic mass is 32.1. The monoisotopic (exact) mass is 375 g/mol. The summed E-state index contributed by atoms with van der Waals surface area (Å²) in [5.74, 6) is 1.67. The molecule has 0 aliphatic rings. The number of ether oxygens (including phenoxy) is 1. The molecule has 2 rings (SSSR count). The van der Waals surface area contributed by atoms with Crippen molar-refractivity contribution in [1.82, 2.24) is 20.5 Å². The average molecular weight is 376 g/mol. The molecule has 26 heavy (non-hydrogen) atoms. The first kappa shape index (κ1) is 20.2. The molecule has 0 bridgehead atoms. The molecular formula is C19H29N5OS. The summed E-state index contributed by atoms with van der Waals surface area (Å²) in [7, 11) is 5.86. The number of nitrogens with one attached hydrogen (secondary N) is 2. The highest BCUT2D eigenvalue weighted by molar-refractivity contribution is 7.11. The van der Waals surface area contributed by atoms with Crippen LogP contribution in [0, 0.1) is 13.8 Å². The third-order valence-corrected chi connectivity index (χ3v) is 4.88. The molecular weight excluding hydrogens is 346 g/mol. The number of rotatable bonds is 8. The minimum Gasteiger partial charge on any atom is -0.492 e. The number of aliphatic imine (C=N–C) groups is 1. The smallest absolute Gasteiger partial charge is 0.191 e. The van der Waals surface area contributed by atoms with Crippen LogP contribution in [0.25, 0.3) is 0 Å². The molecule has 1 heterocycles. The zero-order valence-corrected chi connectivity index (χ0v) is 17.1. The summed E-state index contributed by atoms with van der Waals surface area (Å²) in [5.41, 5.74) is 2.23. The Bertz CT molecular complexity index is 726. The first-order valence-electron chi connectivity index (χ1n) is 8.72. The normalized spacial score (nSPS) is 11.7. The summed E-state index contributed by atoms with van der Waals surface area (Å²) in [5, 5.41) is 7.78. The topological polar surface area (TPSA) is 61.8 Å². The summed E-state index contributed by atoms with van der Waals surface area (Å²) in [6.45, 7) is 7.06. The predicted octanol–water partition coefficient (Wildman–Crippen LogP) is 2.57. The number of hydrogen-bond acceptors (Lipinski definition) is 5. The molecule has 0 saturated heterocycles. The van der Waals surface area contributed by atoms with E-state index >= 15 is 0 Å². The van der Waals surface area contributed by atoms with Gasteiger partial charge in [0.2, 0.25) is 0 Å².